The molecule has 1 saturated heterocycles. The largest absolute Gasteiger partial charge is 0.381 e. The van der Waals surface area contributed by atoms with Crippen molar-refractivity contribution in [3.8, 4) is 0 Å². The Hall–Kier alpha value is 0.0700. The van der Waals surface area contributed by atoms with Gasteiger partial charge in [0.1, 0.15) is 0 Å². The van der Waals surface area contributed by atoms with E-state index in [2.05, 4.69) is 27.8 Å². The number of alkyl halides is 1. The van der Waals surface area contributed by atoms with Crippen LogP contribution in [0.3, 0.4) is 0 Å². The van der Waals surface area contributed by atoms with Gasteiger partial charge in [-0.25, -0.2) is 4.98 Å². The summed E-state index contributed by atoms with van der Waals surface area (Å²) < 4.78 is 5.44. The van der Waals surface area contributed by atoms with E-state index in [0.29, 0.717) is 5.41 Å². The normalized spacial score (nSPS) is 20.4. The molecule has 0 spiro atoms. The molecular formula is C11H16BrNOS. The van der Waals surface area contributed by atoms with Gasteiger partial charge in [0.05, 0.1) is 5.01 Å². The Kier molecular flexibility index (Phi) is 3.80. The molecule has 0 atom stereocenters. The Morgan fingerprint density at radius 1 is 1.53 bits per heavy atom. The van der Waals surface area contributed by atoms with E-state index in [1.54, 1.807) is 0 Å². The number of thiazole rings is 1. The zero-order chi connectivity index (χ0) is 10.7. The van der Waals surface area contributed by atoms with Crippen molar-refractivity contribution < 1.29 is 4.74 Å². The molecule has 1 aliphatic heterocycles. The van der Waals surface area contributed by atoms with Gasteiger partial charge in [-0.15, -0.1) is 11.3 Å². The van der Waals surface area contributed by atoms with Crippen LogP contribution in [0.5, 0.6) is 0 Å². The van der Waals surface area contributed by atoms with Crippen molar-refractivity contribution in [1.29, 1.82) is 0 Å². The second-order valence-corrected chi connectivity index (χ2v) is 6.15. The molecule has 0 bridgehead atoms. The summed E-state index contributed by atoms with van der Waals surface area (Å²) in [6, 6.07) is 0. The smallest absolute Gasteiger partial charge is 0.0896 e. The quantitative estimate of drug-likeness (QED) is 0.798. The van der Waals surface area contributed by atoms with Gasteiger partial charge in [-0.05, 0) is 31.6 Å². The maximum atomic E-state index is 5.44. The molecule has 4 heteroatoms. The summed E-state index contributed by atoms with van der Waals surface area (Å²) in [6.45, 7) is 3.88. The molecule has 1 aliphatic rings. The zero-order valence-corrected chi connectivity index (χ0v) is 11.4. The third kappa shape index (κ3) is 2.80. The van der Waals surface area contributed by atoms with Gasteiger partial charge in [0.2, 0.25) is 0 Å². The highest BCUT2D eigenvalue weighted by Gasteiger charge is 2.32. The third-order valence-corrected chi connectivity index (χ3v) is 5.16. The van der Waals surface area contributed by atoms with Gasteiger partial charge in [-0.2, -0.15) is 0 Å². The Labute approximate surface area is 103 Å². The van der Waals surface area contributed by atoms with Crippen LogP contribution < -0.4 is 0 Å². The van der Waals surface area contributed by atoms with Gasteiger partial charge < -0.3 is 4.74 Å². The fourth-order valence-corrected chi connectivity index (χ4v) is 3.75. The molecule has 0 aliphatic carbocycles. The molecular weight excluding hydrogens is 274 g/mol. The molecule has 1 aromatic rings. The van der Waals surface area contributed by atoms with Crippen molar-refractivity contribution in [2.75, 3.05) is 18.5 Å². The van der Waals surface area contributed by atoms with Crippen molar-refractivity contribution in [2.45, 2.75) is 26.2 Å². The van der Waals surface area contributed by atoms with E-state index in [9.17, 15) is 0 Å². The minimum atomic E-state index is 0.400. The predicted molar refractivity (Wildman–Crippen MR) is 66.8 cm³/mol. The minimum absolute atomic E-state index is 0.400. The van der Waals surface area contributed by atoms with E-state index in [4.69, 9.17) is 4.74 Å². The summed E-state index contributed by atoms with van der Waals surface area (Å²) in [5.41, 5.74) is 0.400. The first-order chi connectivity index (χ1) is 7.24. The molecule has 2 heterocycles. The van der Waals surface area contributed by atoms with Crippen LogP contribution in [-0.2, 0) is 11.2 Å². The number of hydrogen-bond acceptors (Lipinski definition) is 3. The van der Waals surface area contributed by atoms with Crippen LogP contribution in [0.2, 0.25) is 0 Å². The molecule has 0 radical (unpaired) electrons. The summed E-state index contributed by atoms with van der Waals surface area (Å²) in [5.74, 6) is 0. The Bertz CT molecular complexity index is 320. The molecule has 2 nitrogen and oxygen atoms in total. The highest BCUT2D eigenvalue weighted by atomic mass is 79.9. The van der Waals surface area contributed by atoms with Gasteiger partial charge in [0.25, 0.3) is 0 Å². The Morgan fingerprint density at radius 2 is 2.27 bits per heavy atom. The second-order valence-electron chi connectivity index (χ2n) is 4.27. The van der Waals surface area contributed by atoms with Crippen LogP contribution in [0.15, 0.2) is 6.20 Å². The maximum Gasteiger partial charge on any atom is 0.0896 e. The minimum Gasteiger partial charge on any atom is -0.381 e. The molecule has 1 fully saturated rings. The first-order valence-electron chi connectivity index (χ1n) is 5.29. The predicted octanol–water partition coefficient (Wildman–Crippen LogP) is 3.19. The highest BCUT2D eigenvalue weighted by Crippen LogP contribution is 2.37. The topological polar surface area (TPSA) is 22.1 Å². The van der Waals surface area contributed by atoms with E-state index < -0.39 is 0 Å². The van der Waals surface area contributed by atoms with Crippen LogP contribution in [0.1, 0.15) is 22.7 Å². The fourth-order valence-electron chi connectivity index (χ4n) is 2.02. The van der Waals surface area contributed by atoms with Crippen LogP contribution in [0.25, 0.3) is 0 Å². The van der Waals surface area contributed by atoms with Crippen molar-refractivity contribution in [3.05, 3.63) is 16.1 Å². The Balaban J connectivity index is 2.06. The van der Waals surface area contributed by atoms with Crippen LogP contribution >= 0.6 is 27.3 Å². The first-order valence-corrected chi connectivity index (χ1v) is 7.23. The number of rotatable bonds is 3. The SMILES string of the molecule is Cc1ncc(CC2(CBr)CCOCC2)s1. The van der Waals surface area contributed by atoms with Gasteiger partial charge in [0.15, 0.2) is 0 Å². The molecule has 2 rings (SSSR count). The van der Waals surface area contributed by atoms with Crippen LogP contribution in [0, 0.1) is 12.3 Å². The molecule has 15 heavy (non-hydrogen) atoms. The fraction of sp³-hybridized carbons (Fsp3) is 0.727. The molecule has 84 valence electrons. The molecule has 0 N–H and O–H groups in total. The summed E-state index contributed by atoms with van der Waals surface area (Å²) in [4.78, 5) is 5.73. The average molecular weight is 290 g/mol. The van der Waals surface area contributed by atoms with Crippen molar-refractivity contribution in [2.24, 2.45) is 5.41 Å². The summed E-state index contributed by atoms with van der Waals surface area (Å²) in [7, 11) is 0. The van der Waals surface area contributed by atoms with E-state index in [1.807, 2.05) is 17.5 Å². The van der Waals surface area contributed by atoms with Crippen molar-refractivity contribution in [1.82, 2.24) is 4.98 Å². The van der Waals surface area contributed by atoms with Crippen molar-refractivity contribution >= 4 is 27.3 Å². The van der Waals surface area contributed by atoms with Gasteiger partial charge in [-0.3, -0.25) is 0 Å². The lowest BCUT2D eigenvalue weighted by molar-refractivity contribution is 0.0273. The molecule has 0 saturated carbocycles. The lowest BCUT2D eigenvalue weighted by Gasteiger charge is -2.35. The van der Waals surface area contributed by atoms with Crippen molar-refractivity contribution in [3.63, 3.8) is 0 Å². The summed E-state index contributed by atoms with van der Waals surface area (Å²) in [6.07, 6.45) is 5.50. The molecule has 0 amide bonds. The van der Waals surface area contributed by atoms with Gasteiger partial charge in [0, 0.05) is 29.6 Å². The number of hydrogen-bond donors (Lipinski definition) is 0. The molecule has 0 unspecified atom stereocenters. The number of halogens is 1. The van der Waals surface area contributed by atoms with E-state index >= 15 is 0 Å². The first kappa shape index (κ1) is 11.6. The highest BCUT2D eigenvalue weighted by molar-refractivity contribution is 9.09. The van der Waals surface area contributed by atoms with Crippen LogP contribution in [-0.4, -0.2) is 23.5 Å². The average Bonchev–Trinajstić information content (AvgIpc) is 2.65. The Morgan fingerprint density at radius 3 is 2.80 bits per heavy atom. The van der Waals surface area contributed by atoms with Gasteiger partial charge in [-0.1, -0.05) is 15.9 Å². The maximum absolute atomic E-state index is 5.44. The standard InChI is InChI=1S/C11H16BrNOS/c1-9-13-7-10(15-9)6-11(8-12)2-4-14-5-3-11/h7H,2-6,8H2,1H3. The third-order valence-electron chi connectivity index (χ3n) is 3.06. The monoisotopic (exact) mass is 289 g/mol. The van der Waals surface area contributed by atoms with Crippen LogP contribution in [0.4, 0.5) is 0 Å². The number of ether oxygens (including phenoxy) is 1. The number of nitrogens with zero attached hydrogens (tertiary/aromatic N) is 1. The molecule has 1 aromatic heterocycles. The lowest BCUT2D eigenvalue weighted by Crippen LogP contribution is -2.33. The van der Waals surface area contributed by atoms with E-state index in [-0.39, 0.29) is 0 Å². The summed E-state index contributed by atoms with van der Waals surface area (Å²) >= 11 is 5.48. The summed E-state index contributed by atoms with van der Waals surface area (Å²) in [5, 5.41) is 2.24. The van der Waals surface area contributed by atoms with E-state index in [1.165, 1.54) is 9.88 Å². The lowest BCUT2D eigenvalue weighted by atomic mass is 9.79. The molecule has 0 aromatic carbocycles. The zero-order valence-electron chi connectivity index (χ0n) is 8.96. The second kappa shape index (κ2) is 4.93. The number of aromatic nitrogens is 1. The van der Waals surface area contributed by atoms with Gasteiger partial charge >= 0.3 is 0 Å². The van der Waals surface area contributed by atoms with E-state index in [0.717, 1.165) is 37.8 Å². The number of aryl methyl sites for hydroxylation is 1.